The fourth-order valence-electron chi connectivity index (χ4n) is 2.00. The Balaban J connectivity index is 2.37. The molecule has 1 aromatic carbocycles. The van der Waals surface area contributed by atoms with E-state index >= 15 is 0 Å². The van der Waals surface area contributed by atoms with Gasteiger partial charge in [-0.25, -0.2) is 4.98 Å². The molecule has 0 saturated carbocycles. The second-order valence-electron chi connectivity index (χ2n) is 4.12. The van der Waals surface area contributed by atoms with Gasteiger partial charge in [0.05, 0.1) is 22.4 Å². The first-order valence-electron chi connectivity index (χ1n) is 5.51. The number of benzene rings is 1. The van der Waals surface area contributed by atoms with Crippen molar-refractivity contribution < 1.29 is 0 Å². The summed E-state index contributed by atoms with van der Waals surface area (Å²) in [6.45, 7) is 2.01. The van der Waals surface area contributed by atoms with E-state index < -0.39 is 0 Å². The summed E-state index contributed by atoms with van der Waals surface area (Å²) < 4.78 is 1.84. The monoisotopic (exact) mass is 258 g/mol. The third kappa shape index (κ3) is 1.62. The minimum Gasteiger partial charge on any atom is -0.369 e. The van der Waals surface area contributed by atoms with E-state index in [1.165, 1.54) is 0 Å². The van der Waals surface area contributed by atoms with Crippen LogP contribution in [0.3, 0.4) is 0 Å². The fraction of sp³-hybridized carbons (Fsp3) is 0.0769. The Bertz CT molecular complexity index is 733. The lowest BCUT2D eigenvalue weighted by Crippen LogP contribution is -2.01. The van der Waals surface area contributed by atoms with Gasteiger partial charge in [0, 0.05) is 6.20 Å². The molecule has 3 aromatic rings. The minimum atomic E-state index is 0.408. The van der Waals surface area contributed by atoms with E-state index in [2.05, 4.69) is 9.97 Å². The average molecular weight is 259 g/mol. The predicted molar refractivity (Wildman–Crippen MR) is 73.0 cm³/mol. The van der Waals surface area contributed by atoms with Crippen LogP contribution >= 0.6 is 11.6 Å². The lowest BCUT2D eigenvalue weighted by atomic mass is 10.2. The summed E-state index contributed by atoms with van der Waals surface area (Å²) >= 11 is 6.24. The van der Waals surface area contributed by atoms with Crippen LogP contribution in [0.15, 0.2) is 36.7 Å². The van der Waals surface area contributed by atoms with Crippen molar-refractivity contribution in [2.75, 3.05) is 5.73 Å². The molecule has 90 valence electrons. The van der Waals surface area contributed by atoms with Gasteiger partial charge in [0.25, 0.3) is 0 Å². The maximum atomic E-state index is 6.24. The SMILES string of the molecule is Cc1ccc(Cl)c(-n2c(N)nc3cnccc32)c1. The van der Waals surface area contributed by atoms with Gasteiger partial charge < -0.3 is 5.73 Å². The molecule has 0 atom stereocenters. The Kier molecular flexibility index (Phi) is 2.45. The second kappa shape index (κ2) is 3.99. The zero-order valence-electron chi connectivity index (χ0n) is 9.76. The molecule has 3 rings (SSSR count). The highest BCUT2D eigenvalue weighted by Gasteiger charge is 2.12. The molecule has 0 fully saturated rings. The van der Waals surface area contributed by atoms with Crippen LogP contribution in [0.2, 0.25) is 5.02 Å². The van der Waals surface area contributed by atoms with Crippen molar-refractivity contribution in [2.24, 2.45) is 0 Å². The molecule has 0 aliphatic rings. The van der Waals surface area contributed by atoms with Crippen molar-refractivity contribution in [3.63, 3.8) is 0 Å². The number of hydrogen-bond acceptors (Lipinski definition) is 3. The van der Waals surface area contributed by atoms with Crippen molar-refractivity contribution in [3.8, 4) is 5.69 Å². The molecule has 2 aromatic heterocycles. The van der Waals surface area contributed by atoms with Crippen LogP contribution in [-0.2, 0) is 0 Å². The topological polar surface area (TPSA) is 56.7 Å². The molecule has 0 saturated heterocycles. The summed E-state index contributed by atoms with van der Waals surface area (Å²) in [5.74, 6) is 0.408. The summed E-state index contributed by atoms with van der Waals surface area (Å²) in [6, 6.07) is 7.68. The first kappa shape index (κ1) is 11.0. The number of aromatic nitrogens is 3. The fourth-order valence-corrected chi connectivity index (χ4v) is 2.20. The number of nitrogen functional groups attached to an aromatic ring is 1. The summed E-state index contributed by atoms with van der Waals surface area (Å²) in [6.07, 6.45) is 3.40. The molecular weight excluding hydrogens is 248 g/mol. The van der Waals surface area contributed by atoms with Gasteiger partial charge in [-0.2, -0.15) is 0 Å². The maximum Gasteiger partial charge on any atom is 0.206 e. The summed E-state index contributed by atoms with van der Waals surface area (Å²) in [7, 11) is 0. The molecule has 0 aliphatic carbocycles. The standard InChI is InChI=1S/C13H11ClN4/c1-8-2-3-9(14)12(6-8)18-11-4-5-16-7-10(11)17-13(18)15/h2-7H,1H3,(H2,15,17). The molecule has 2 N–H and O–H groups in total. The Morgan fingerprint density at radius 3 is 2.94 bits per heavy atom. The van der Waals surface area contributed by atoms with E-state index in [0.717, 1.165) is 22.3 Å². The number of aryl methyl sites for hydroxylation is 1. The number of anilines is 1. The number of hydrogen-bond donors (Lipinski definition) is 1. The third-order valence-corrected chi connectivity index (χ3v) is 3.14. The largest absolute Gasteiger partial charge is 0.369 e. The van der Waals surface area contributed by atoms with E-state index in [9.17, 15) is 0 Å². The Morgan fingerprint density at radius 1 is 1.28 bits per heavy atom. The van der Waals surface area contributed by atoms with E-state index in [0.29, 0.717) is 11.0 Å². The molecule has 0 radical (unpaired) electrons. The number of imidazole rings is 1. The van der Waals surface area contributed by atoms with Crippen molar-refractivity contribution in [1.82, 2.24) is 14.5 Å². The Hall–Kier alpha value is -2.07. The van der Waals surface area contributed by atoms with Gasteiger partial charge in [-0.15, -0.1) is 0 Å². The van der Waals surface area contributed by atoms with E-state index in [4.69, 9.17) is 17.3 Å². The molecule has 0 bridgehead atoms. The van der Waals surface area contributed by atoms with Crippen LogP contribution < -0.4 is 5.73 Å². The average Bonchev–Trinajstić information content (AvgIpc) is 2.68. The van der Waals surface area contributed by atoms with Gasteiger partial charge in [0.15, 0.2) is 0 Å². The van der Waals surface area contributed by atoms with Gasteiger partial charge in [0.2, 0.25) is 5.95 Å². The number of pyridine rings is 1. The lowest BCUT2D eigenvalue weighted by molar-refractivity contribution is 1.10. The van der Waals surface area contributed by atoms with E-state index in [1.807, 2.05) is 35.8 Å². The molecule has 4 nitrogen and oxygen atoms in total. The smallest absolute Gasteiger partial charge is 0.206 e. The first-order valence-corrected chi connectivity index (χ1v) is 5.89. The summed E-state index contributed by atoms with van der Waals surface area (Å²) in [5.41, 5.74) is 9.58. The second-order valence-corrected chi connectivity index (χ2v) is 4.53. The molecule has 0 amide bonds. The van der Waals surface area contributed by atoms with E-state index in [1.54, 1.807) is 12.4 Å². The van der Waals surface area contributed by atoms with Gasteiger partial charge >= 0.3 is 0 Å². The summed E-state index contributed by atoms with van der Waals surface area (Å²) in [5, 5.41) is 0.642. The van der Waals surface area contributed by atoms with Crippen LogP contribution in [0.1, 0.15) is 5.56 Å². The third-order valence-electron chi connectivity index (χ3n) is 2.83. The van der Waals surface area contributed by atoms with Gasteiger partial charge in [-0.3, -0.25) is 9.55 Å². The van der Waals surface area contributed by atoms with Crippen molar-refractivity contribution >= 4 is 28.6 Å². The quantitative estimate of drug-likeness (QED) is 0.730. The molecule has 2 heterocycles. The first-order chi connectivity index (χ1) is 8.66. The number of fused-ring (bicyclic) bond motifs is 1. The number of halogens is 1. The summed E-state index contributed by atoms with van der Waals surface area (Å²) in [4.78, 5) is 8.32. The highest BCUT2D eigenvalue weighted by Crippen LogP contribution is 2.28. The normalized spacial score (nSPS) is 11.0. The predicted octanol–water partition coefficient (Wildman–Crippen LogP) is 2.96. The molecule has 0 aliphatic heterocycles. The zero-order valence-corrected chi connectivity index (χ0v) is 10.5. The van der Waals surface area contributed by atoms with Crippen LogP contribution in [-0.4, -0.2) is 14.5 Å². The molecule has 0 unspecified atom stereocenters. The molecule has 5 heteroatoms. The highest BCUT2D eigenvalue weighted by molar-refractivity contribution is 6.32. The molecule has 18 heavy (non-hydrogen) atoms. The van der Waals surface area contributed by atoms with Crippen LogP contribution in [0.4, 0.5) is 5.95 Å². The van der Waals surface area contributed by atoms with Crippen LogP contribution in [0.25, 0.3) is 16.7 Å². The van der Waals surface area contributed by atoms with Crippen LogP contribution in [0, 0.1) is 6.92 Å². The Labute approximate surface area is 109 Å². The van der Waals surface area contributed by atoms with Gasteiger partial charge in [-0.1, -0.05) is 17.7 Å². The van der Waals surface area contributed by atoms with Crippen LogP contribution in [0.5, 0.6) is 0 Å². The maximum absolute atomic E-state index is 6.24. The van der Waals surface area contributed by atoms with Crippen molar-refractivity contribution in [3.05, 3.63) is 47.2 Å². The molecule has 0 spiro atoms. The number of nitrogens with zero attached hydrogens (tertiary/aromatic N) is 3. The van der Waals surface area contributed by atoms with Crippen molar-refractivity contribution in [1.29, 1.82) is 0 Å². The number of nitrogens with two attached hydrogens (primary N) is 1. The van der Waals surface area contributed by atoms with Crippen molar-refractivity contribution in [2.45, 2.75) is 6.92 Å². The highest BCUT2D eigenvalue weighted by atomic mass is 35.5. The molecular formula is C13H11ClN4. The van der Waals surface area contributed by atoms with E-state index in [-0.39, 0.29) is 0 Å². The zero-order chi connectivity index (χ0) is 12.7. The Morgan fingerprint density at radius 2 is 2.11 bits per heavy atom. The van der Waals surface area contributed by atoms with Gasteiger partial charge in [-0.05, 0) is 30.7 Å². The minimum absolute atomic E-state index is 0.408. The number of rotatable bonds is 1. The lowest BCUT2D eigenvalue weighted by Gasteiger charge is -2.09. The van der Waals surface area contributed by atoms with Gasteiger partial charge in [0.1, 0.15) is 5.52 Å².